The first-order chi connectivity index (χ1) is 15.3. The van der Waals surface area contributed by atoms with Crippen LogP contribution in [0.25, 0.3) is 0 Å². The van der Waals surface area contributed by atoms with Gasteiger partial charge in [0.15, 0.2) is 0 Å². The lowest BCUT2D eigenvalue weighted by molar-refractivity contribution is 0.0530. The third-order valence-corrected chi connectivity index (χ3v) is 4.45. The second-order valence-electron chi connectivity index (χ2n) is 8.50. The average molecular weight is 442 g/mol. The van der Waals surface area contributed by atoms with Crippen molar-refractivity contribution in [3.8, 4) is 0 Å². The molecule has 0 aliphatic rings. The predicted octanol–water partition coefficient (Wildman–Crippen LogP) is 4.87. The fraction of sp³-hybridized carbons (Fsp3) is 0.440. The minimum Gasteiger partial charge on any atom is -0.445 e. The van der Waals surface area contributed by atoms with E-state index in [1.54, 1.807) is 0 Å². The van der Waals surface area contributed by atoms with E-state index in [9.17, 15) is 9.59 Å². The van der Waals surface area contributed by atoms with Crippen molar-refractivity contribution in [3.05, 3.63) is 65.7 Å². The Labute approximate surface area is 190 Å². The minimum atomic E-state index is -0.491. The molecule has 0 saturated heterocycles. The molecule has 0 aliphatic carbocycles. The Morgan fingerprint density at radius 3 is 2.16 bits per heavy atom. The van der Waals surface area contributed by atoms with Gasteiger partial charge in [-0.3, -0.25) is 0 Å². The first-order valence-corrected chi connectivity index (χ1v) is 11.1. The molecule has 0 aromatic heterocycles. The number of alkyl carbamates (subject to hydrolysis) is 2. The third-order valence-electron chi connectivity index (χ3n) is 4.45. The molecule has 0 saturated carbocycles. The molecule has 2 amide bonds. The Morgan fingerprint density at radius 1 is 0.781 bits per heavy atom. The number of hydrogen-bond acceptors (Lipinski definition) is 5. The number of anilines is 1. The molecule has 32 heavy (non-hydrogen) atoms. The lowest BCUT2D eigenvalue weighted by Gasteiger charge is -2.19. The molecule has 7 nitrogen and oxygen atoms in total. The number of benzene rings is 2. The van der Waals surface area contributed by atoms with E-state index in [0.29, 0.717) is 19.6 Å². The van der Waals surface area contributed by atoms with Gasteiger partial charge in [-0.15, -0.1) is 0 Å². The molecule has 0 atom stereocenters. The predicted molar refractivity (Wildman–Crippen MR) is 127 cm³/mol. The Bertz CT molecular complexity index is 817. The van der Waals surface area contributed by atoms with Crippen LogP contribution in [0.15, 0.2) is 54.6 Å². The molecular formula is C25H35N3O4. The maximum Gasteiger partial charge on any atom is 0.407 e. The van der Waals surface area contributed by atoms with Gasteiger partial charge in [-0.05, 0) is 63.3 Å². The first kappa shape index (κ1) is 25.0. The average Bonchev–Trinajstić information content (AvgIpc) is 2.75. The van der Waals surface area contributed by atoms with E-state index in [2.05, 4.69) is 28.1 Å². The molecule has 0 fully saturated rings. The molecule has 0 aliphatic heterocycles. The zero-order valence-electron chi connectivity index (χ0n) is 19.3. The van der Waals surface area contributed by atoms with Crippen LogP contribution in [0.1, 0.15) is 44.7 Å². The standard InChI is InChI=1S/C25H35N3O4/c1-25(2,3)32-24(30)28-18-17-26-22-14-12-20(13-15-22)9-7-8-16-27-23(29)31-19-21-10-5-4-6-11-21/h4-6,10-15,26H,7-9,16-19H2,1-3H3,(H,27,29)(H,28,30). The second-order valence-corrected chi connectivity index (χ2v) is 8.50. The highest BCUT2D eigenvalue weighted by Gasteiger charge is 2.15. The maximum absolute atomic E-state index is 11.7. The van der Waals surface area contributed by atoms with Gasteiger partial charge in [0, 0.05) is 25.3 Å². The number of amides is 2. The zero-order valence-corrected chi connectivity index (χ0v) is 19.3. The Kier molecular flexibility index (Phi) is 10.4. The number of ether oxygens (including phenoxy) is 2. The first-order valence-electron chi connectivity index (χ1n) is 11.1. The summed E-state index contributed by atoms with van der Waals surface area (Å²) in [6.45, 7) is 7.49. The molecule has 0 radical (unpaired) electrons. The Morgan fingerprint density at radius 2 is 1.47 bits per heavy atom. The van der Waals surface area contributed by atoms with Crippen LogP contribution < -0.4 is 16.0 Å². The molecule has 2 aromatic carbocycles. The van der Waals surface area contributed by atoms with Gasteiger partial charge in [-0.2, -0.15) is 0 Å². The van der Waals surface area contributed by atoms with Crippen molar-refractivity contribution in [3.63, 3.8) is 0 Å². The number of hydrogen-bond donors (Lipinski definition) is 3. The number of carbonyl (C=O) groups is 2. The lowest BCUT2D eigenvalue weighted by Crippen LogP contribution is -2.34. The van der Waals surface area contributed by atoms with E-state index < -0.39 is 11.7 Å². The number of unbranched alkanes of at least 4 members (excludes halogenated alkanes) is 1. The second kappa shape index (κ2) is 13.2. The number of carbonyl (C=O) groups excluding carboxylic acids is 2. The molecule has 0 bridgehead atoms. The molecule has 2 aromatic rings. The zero-order chi connectivity index (χ0) is 23.2. The normalized spacial score (nSPS) is 10.8. The van der Waals surface area contributed by atoms with E-state index in [-0.39, 0.29) is 12.7 Å². The topological polar surface area (TPSA) is 88.7 Å². The van der Waals surface area contributed by atoms with Gasteiger partial charge in [0.05, 0.1) is 0 Å². The minimum absolute atomic E-state index is 0.282. The van der Waals surface area contributed by atoms with Crippen LogP contribution in [0, 0.1) is 0 Å². The molecule has 3 N–H and O–H groups in total. The van der Waals surface area contributed by atoms with Crippen LogP contribution in [0.5, 0.6) is 0 Å². The summed E-state index contributed by atoms with van der Waals surface area (Å²) in [6, 6.07) is 17.9. The largest absolute Gasteiger partial charge is 0.445 e. The third kappa shape index (κ3) is 11.2. The number of aryl methyl sites for hydroxylation is 1. The van der Waals surface area contributed by atoms with Crippen molar-refractivity contribution >= 4 is 17.9 Å². The molecular weight excluding hydrogens is 406 g/mol. The molecule has 0 heterocycles. The summed E-state index contributed by atoms with van der Waals surface area (Å²) in [5, 5.41) is 8.78. The van der Waals surface area contributed by atoms with Crippen molar-refractivity contribution < 1.29 is 19.1 Å². The van der Waals surface area contributed by atoms with Crippen LogP contribution in [0.2, 0.25) is 0 Å². The number of nitrogens with one attached hydrogen (secondary N) is 3. The molecule has 0 spiro atoms. The van der Waals surface area contributed by atoms with Gasteiger partial charge >= 0.3 is 12.2 Å². The van der Waals surface area contributed by atoms with Crippen molar-refractivity contribution in [2.75, 3.05) is 25.0 Å². The van der Waals surface area contributed by atoms with E-state index in [0.717, 1.165) is 30.5 Å². The molecule has 0 unspecified atom stereocenters. The lowest BCUT2D eigenvalue weighted by atomic mass is 10.1. The summed E-state index contributed by atoms with van der Waals surface area (Å²) in [5.74, 6) is 0. The van der Waals surface area contributed by atoms with Gasteiger partial charge in [0.2, 0.25) is 0 Å². The van der Waals surface area contributed by atoms with Crippen LogP contribution in [-0.2, 0) is 22.5 Å². The fourth-order valence-electron chi connectivity index (χ4n) is 2.89. The van der Waals surface area contributed by atoms with Gasteiger partial charge in [0.25, 0.3) is 0 Å². The van der Waals surface area contributed by atoms with Gasteiger partial charge in [0.1, 0.15) is 12.2 Å². The van der Waals surface area contributed by atoms with Crippen LogP contribution in [0.3, 0.4) is 0 Å². The summed E-state index contributed by atoms with van der Waals surface area (Å²) in [6.07, 6.45) is 2.02. The SMILES string of the molecule is CC(C)(C)OC(=O)NCCNc1ccc(CCCCNC(=O)OCc2ccccc2)cc1. The van der Waals surface area contributed by atoms with Gasteiger partial charge in [-0.25, -0.2) is 9.59 Å². The monoisotopic (exact) mass is 441 g/mol. The van der Waals surface area contributed by atoms with Gasteiger partial charge in [-0.1, -0.05) is 42.5 Å². The summed E-state index contributed by atoms with van der Waals surface area (Å²) in [4.78, 5) is 23.3. The fourth-order valence-corrected chi connectivity index (χ4v) is 2.89. The summed E-state index contributed by atoms with van der Waals surface area (Å²) in [7, 11) is 0. The smallest absolute Gasteiger partial charge is 0.407 e. The van der Waals surface area contributed by atoms with Crippen molar-refractivity contribution in [1.29, 1.82) is 0 Å². The maximum atomic E-state index is 11.7. The van der Waals surface area contributed by atoms with E-state index >= 15 is 0 Å². The van der Waals surface area contributed by atoms with E-state index in [4.69, 9.17) is 9.47 Å². The van der Waals surface area contributed by atoms with E-state index in [1.165, 1.54) is 5.56 Å². The highest BCUT2D eigenvalue weighted by atomic mass is 16.6. The van der Waals surface area contributed by atoms with Crippen LogP contribution in [-0.4, -0.2) is 37.4 Å². The quantitative estimate of drug-likeness (QED) is 0.433. The summed E-state index contributed by atoms with van der Waals surface area (Å²) < 4.78 is 10.4. The summed E-state index contributed by atoms with van der Waals surface area (Å²) >= 11 is 0. The highest BCUT2D eigenvalue weighted by Crippen LogP contribution is 2.11. The van der Waals surface area contributed by atoms with Crippen molar-refractivity contribution in [2.45, 2.75) is 52.2 Å². The van der Waals surface area contributed by atoms with Gasteiger partial charge < -0.3 is 25.4 Å². The van der Waals surface area contributed by atoms with Crippen LogP contribution in [0.4, 0.5) is 15.3 Å². The van der Waals surface area contributed by atoms with E-state index in [1.807, 2.05) is 63.2 Å². The highest BCUT2D eigenvalue weighted by molar-refractivity contribution is 5.67. The Balaban J connectivity index is 1.52. The van der Waals surface area contributed by atoms with Crippen molar-refractivity contribution in [1.82, 2.24) is 10.6 Å². The van der Waals surface area contributed by atoms with Crippen LogP contribution >= 0.6 is 0 Å². The molecule has 7 heteroatoms. The molecule has 2 rings (SSSR count). The Hall–Kier alpha value is -3.22. The number of rotatable bonds is 11. The summed E-state index contributed by atoms with van der Waals surface area (Å²) in [5.41, 5.74) is 2.73. The molecule has 174 valence electrons. The van der Waals surface area contributed by atoms with Crippen molar-refractivity contribution in [2.24, 2.45) is 0 Å².